The predicted molar refractivity (Wildman–Crippen MR) is 88.3 cm³/mol. The Hall–Kier alpha value is -2.74. The molecule has 1 aromatic carbocycles. The molecular weight excluding hydrogens is 310 g/mol. The maximum absolute atomic E-state index is 12.9. The van der Waals surface area contributed by atoms with Gasteiger partial charge >= 0.3 is 0 Å². The Morgan fingerprint density at radius 2 is 2.08 bits per heavy atom. The van der Waals surface area contributed by atoms with E-state index in [0.29, 0.717) is 35.6 Å². The zero-order valence-electron chi connectivity index (χ0n) is 13.8. The maximum Gasteiger partial charge on any atom is 0.265 e. The minimum Gasteiger partial charge on any atom is -0.496 e. The molecule has 0 saturated carbocycles. The van der Waals surface area contributed by atoms with Gasteiger partial charge in [0.2, 0.25) is 0 Å². The summed E-state index contributed by atoms with van der Waals surface area (Å²) in [6, 6.07) is 5.03. The van der Waals surface area contributed by atoms with Gasteiger partial charge in [-0.25, -0.2) is 4.98 Å². The number of methoxy groups -OCH3 is 2. The maximum atomic E-state index is 12.9. The Balaban J connectivity index is 2.08. The predicted octanol–water partition coefficient (Wildman–Crippen LogP) is 1.25. The molecule has 0 amide bonds. The summed E-state index contributed by atoms with van der Waals surface area (Å²) in [6.45, 7) is 3.04. The fraction of sp³-hybridized carbons (Fsp3) is 0.375. The highest BCUT2D eigenvalue weighted by Gasteiger charge is 2.19. The first kappa shape index (κ1) is 16.1. The number of ether oxygens (including phenoxy) is 2. The second-order valence-electron chi connectivity index (χ2n) is 5.36. The largest absolute Gasteiger partial charge is 0.496 e. The molecule has 0 unspecified atom stereocenters. The molecule has 3 rings (SSSR count). The molecule has 8 heteroatoms. The van der Waals surface area contributed by atoms with Crippen molar-refractivity contribution in [2.75, 3.05) is 20.8 Å². The van der Waals surface area contributed by atoms with Crippen molar-refractivity contribution in [3.8, 4) is 5.75 Å². The van der Waals surface area contributed by atoms with Crippen LogP contribution in [0.4, 0.5) is 0 Å². The number of benzene rings is 1. The van der Waals surface area contributed by atoms with Crippen LogP contribution in [0.1, 0.15) is 18.8 Å². The highest BCUT2D eigenvalue weighted by atomic mass is 16.5. The minimum atomic E-state index is -0.321. The van der Waals surface area contributed by atoms with Crippen LogP contribution in [0, 0.1) is 0 Å². The molecule has 1 atom stereocenters. The van der Waals surface area contributed by atoms with E-state index in [4.69, 9.17) is 9.47 Å². The SMILES string of the molecule is COCCn1cnnc1[C@H](C)n1cnc2cccc(OC)c2c1=O. The Morgan fingerprint density at radius 1 is 1.25 bits per heavy atom. The first-order valence-corrected chi connectivity index (χ1v) is 7.58. The molecule has 3 aromatic rings. The molecule has 0 spiro atoms. The third kappa shape index (κ3) is 2.76. The summed E-state index contributed by atoms with van der Waals surface area (Å²) < 4.78 is 13.8. The number of rotatable bonds is 6. The zero-order valence-corrected chi connectivity index (χ0v) is 13.8. The number of hydrogen-bond donors (Lipinski definition) is 0. The molecular formula is C16H19N5O3. The summed E-state index contributed by atoms with van der Waals surface area (Å²) in [5, 5.41) is 8.55. The van der Waals surface area contributed by atoms with Crippen LogP contribution in [-0.2, 0) is 11.3 Å². The lowest BCUT2D eigenvalue weighted by Gasteiger charge is -2.16. The Kier molecular flexibility index (Phi) is 4.57. The highest BCUT2D eigenvalue weighted by molar-refractivity contribution is 5.83. The van der Waals surface area contributed by atoms with Crippen LogP contribution >= 0.6 is 0 Å². The normalized spacial score (nSPS) is 12.5. The van der Waals surface area contributed by atoms with Crippen LogP contribution in [-0.4, -0.2) is 45.1 Å². The molecule has 0 bridgehead atoms. The van der Waals surface area contributed by atoms with E-state index >= 15 is 0 Å². The van der Waals surface area contributed by atoms with Gasteiger partial charge in [0.15, 0.2) is 5.82 Å². The smallest absolute Gasteiger partial charge is 0.265 e. The monoisotopic (exact) mass is 329 g/mol. The van der Waals surface area contributed by atoms with Gasteiger partial charge < -0.3 is 14.0 Å². The molecule has 0 N–H and O–H groups in total. The fourth-order valence-corrected chi connectivity index (χ4v) is 2.67. The Bertz CT molecular complexity index is 902. The van der Waals surface area contributed by atoms with Crippen molar-refractivity contribution < 1.29 is 9.47 Å². The van der Waals surface area contributed by atoms with Crippen molar-refractivity contribution in [3.05, 3.63) is 47.0 Å². The number of aromatic nitrogens is 5. The van der Waals surface area contributed by atoms with Crippen molar-refractivity contribution in [1.29, 1.82) is 0 Å². The summed E-state index contributed by atoms with van der Waals surface area (Å²) in [5.41, 5.74) is 0.426. The third-order valence-electron chi connectivity index (χ3n) is 3.97. The molecule has 0 fully saturated rings. The molecule has 0 aliphatic carbocycles. The Morgan fingerprint density at radius 3 is 2.83 bits per heavy atom. The summed E-state index contributed by atoms with van der Waals surface area (Å²) in [6.07, 6.45) is 3.16. The molecule has 0 saturated heterocycles. The lowest BCUT2D eigenvalue weighted by atomic mass is 10.2. The number of nitrogens with zero attached hydrogens (tertiary/aromatic N) is 5. The van der Waals surface area contributed by atoms with Gasteiger partial charge in [-0.05, 0) is 19.1 Å². The molecule has 0 aliphatic rings. The Labute approximate surface area is 138 Å². The van der Waals surface area contributed by atoms with Gasteiger partial charge in [0.1, 0.15) is 17.5 Å². The lowest BCUT2D eigenvalue weighted by Crippen LogP contribution is -2.27. The first-order valence-electron chi connectivity index (χ1n) is 7.58. The van der Waals surface area contributed by atoms with Gasteiger partial charge in [0.25, 0.3) is 5.56 Å². The van der Waals surface area contributed by atoms with Gasteiger partial charge in [-0.1, -0.05) is 6.07 Å². The quantitative estimate of drug-likeness (QED) is 0.677. The van der Waals surface area contributed by atoms with Crippen molar-refractivity contribution in [1.82, 2.24) is 24.3 Å². The van der Waals surface area contributed by atoms with Crippen molar-refractivity contribution >= 4 is 10.9 Å². The average molecular weight is 329 g/mol. The van der Waals surface area contributed by atoms with Gasteiger partial charge in [0, 0.05) is 13.7 Å². The van der Waals surface area contributed by atoms with E-state index in [9.17, 15) is 4.79 Å². The molecule has 0 radical (unpaired) electrons. The fourth-order valence-electron chi connectivity index (χ4n) is 2.67. The highest BCUT2D eigenvalue weighted by Crippen LogP contribution is 2.21. The molecule has 24 heavy (non-hydrogen) atoms. The third-order valence-corrected chi connectivity index (χ3v) is 3.97. The average Bonchev–Trinajstić information content (AvgIpc) is 3.07. The van der Waals surface area contributed by atoms with Crippen molar-refractivity contribution in [2.45, 2.75) is 19.5 Å². The first-order chi connectivity index (χ1) is 11.7. The summed E-state index contributed by atoms with van der Waals surface area (Å²) in [7, 11) is 3.17. The molecule has 2 heterocycles. The van der Waals surface area contributed by atoms with Gasteiger partial charge in [-0.3, -0.25) is 9.36 Å². The van der Waals surface area contributed by atoms with E-state index in [-0.39, 0.29) is 11.6 Å². The van der Waals surface area contributed by atoms with E-state index < -0.39 is 0 Å². The van der Waals surface area contributed by atoms with Crippen molar-refractivity contribution in [2.24, 2.45) is 0 Å². The zero-order chi connectivity index (χ0) is 17.1. The topological polar surface area (TPSA) is 84.1 Å². The molecule has 2 aromatic heterocycles. The molecule has 126 valence electrons. The van der Waals surface area contributed by atoms with Crippen LogP contribution in [0.2, 0.25) is 0 Å². The minimum absolute atomic E-state index is 0.175. The summed E-state index contributed by atoms with van der Waals surface area (Å²) >= 11 is 0. The van der Waals surface area contributed by atoms with Crippen LogP contribution < -0.4 is 10.3 Å². The van der Waals surface area contributed by atoms with Gasteiger partial charge in [0.05, 0.1) is 31.6 Å². The van der Waals surface area contributed by atoms with Crippen LogP contribution in [0.5, 0.6) is 5.75 Å². The summed E-state index contributed by atoms with van der Waals surface area (Å²) in [5.74, 6) is 1.18. The second-order valence-corrected chi connectivity index (χ2v) is 5.36. The van der Waals surface area contributed by atoms with E-state index in [1.165, 1.54) is 18.0 Å². The van der Waals surface area contributed by atoms with Crippen molar-refractivity contribution in [3.63, 3.8) is 0 Å². The second kappa shape index (κ2) is 6.79. The summed E-state index contributed by atoms with van der Waals surface area (Å²) in [4.78, 5) is 17.3. The van der Waals surface area contributed by atoms with Crippen LogP contribution in [0.3, 0.4) is 0 Å². The van der Waals surface area contributed by atoms with Crippen LogP contribution in [0.15, 0.2) is 35.6 Å². The number of fused-ring (bicyclic) bond motifs is 1. The standard InChI is InChI=1S/C16H19N5O3/c1-11(15-19-18-10-20(15)7-8-23-2)21-9-17-12-5-4-6-13(24-3)14(12)16(21)22/h4-6,9-11H,7-8H2,1-3H3/t11-/m0/s1. The lowest BCUT2D eigenvalue weighted by molar-refractivity contribution is 0.185. The van der Waals surface area contributed by atoms with E-state index in [0.717, 1.165) is 0 Å². The van der Waals surface area contributed by atoms with Gasteiger partial charge in [-0.15, -0.1) is 10.2 Å². The van der Waals surface area contributed by atoms with E-state index in [2.05, 4.69) is 15.2 Å². The van der Waals surface area contributed by atoms with E-state index in [1.54, 1.807) is 25.6 Å². The van der Waals surface area contributed by atoms with Crippen LogP contribution in [0.25, 0.3) is 10.9 Å². The van der Waals surface area contributed by atoms with Gasteiger partial charge in [-0.2, -0.15) is 0 Å². The molecule has 0 aliphatic heterocycles. The van der Waals surface area contributed by atoms with E-state index in [1.807, 2.05) is 17.6 Å². The number of hydrogen-bond acceptors (Lipinski definition) is 6. The molecule has 8 nitrogen and oxygen atoms in total.